The lowest BCUT2D eigenvalue weighted by Gasteiger charge is -2.33. The van der Waals surface area contributed by atoms with Crippen LogP contribution in [0.3, 0.4) is 0 Å². The summed E-state index contributed by atoms with van der Waals surface area (Å²) in [7, 11) is -1.22. The Kier molecular flexibility index (Phi) is 9.10. The van der Waals surface area contributed by atoms with Gasteiger partial charge in [-0.1, -0.05) is 0 Å². The maximum absolute atomic E-state index is 12.1. The van der Waals surface area contributed by atoms with Crippen molar-refractivity contribution in [1.29, 1.82) is 0 Å². The number of hydrogen-bond acceptors (Lipinski definition) is 5. The lowest BCUT2D eigenvalue weighted by Crippen LogP contribution is -2.47. The third-order valence-electron chi connectivity index (χ3n) is 4.62. The van der Waals surface area contributed by atoms with Gasteiger partial charge in [-0.3, -0.25) is 4.99 Å². The Bertz CT molecular complexity index is 625. The van der Waals surface area contributed by atoms with Gasteiger partial charge in [0.2, 0.25) is 0 Å². The minimum absolute atomic E-state index is 0. The number of ether oxygens (including phenoxy) is 1. The number of likely N-dealkylation sites (tertiary alicyclic amines) is 1. The number of piperidine rings is 1. The van der Waals surface area contributed by atoms with E-state index in [1.54, 1.807) is 11.9 Å². The van der Waals surface area contributed by atoms with Gasteiger partial charge in [-0.15, -0.1) is 24.0 Å². The summed E-state index contributed by atoms with van der Waals surface area (Å²) in [6.45, 7) is 7.74. The number of hydrogen-bond donors (Lipinski definition) is 2. The average molecular weight is 516 g/mol. The molecule has 8 nitrogen and oxygen atoms in total. The van der Waals surface area contributed by atoms with E-state index in [0.717, 1.165) is 19.4 Å². The van der Waals surface area contributed by atoms with Crippen molar-refractivity contribution in [3.63, 3.8) is 0 Å². The molecule has 2 saturated heterocycles. The van der Waals surface area contributed by atoms with Crippen LogP contribution >= 0.6 is 24.0 Å². The van der Waals surface area contributed by atoms with Crippen LogP contribution in [-0.4, -0.2) is 75.2 Å². The zero-order valence-electron chi connectivity index (χ0n) is 16.7. The second-order valence-corrected chi connectivity index (χ2v) is 10.3. The van der Waals surface area contributed by atoms with Crippen LogP contribution in [-0.2, 0) is 14.6 Å². The van der Waals surface area contributed by atoms with E-state index in [4.69, 9.17) is 4.74 Å². The van der Waals surface area contributed by atoms with Crippen molar-refractivity contribution in [1.82, 2.24) is 15.5 Å². The first kappa shape index (κ1) is 24.3. The SMILES string of the molecule is CN=C(NCC1CCN(C(=O)OC(C)(C)C)CC1)NC1CCS(=O)(=O)C1.I. The molecule has 1 amide bonds. The number of nitrogens with one attached hydrogen (secondary N) is 2. The van der Waals surface area contributed by atoms with E-state index >= 15 is 0 Å². The average Bonchev–Trinajstić information content (AvgIpc) is 2.89. The van der Waals surface area contributed by atoms with Crippen LogP contribution in [0.15, 0.2) is 4.99 Å². The van der Waals surface area contributed by atoms with Gasteiger partial charge in [0.05, 0.1) is 11.5 Å². The number of carbonyl (C=O) groups excluding carboxylic acids is 1. The lowest BCUT2D eigenvalue weighted by atomic mass is 9.97. The Balaban J connectivity index is 0.00000364. The number of carbonyl (C=O) groups is 1. The van der Waals surface area contributed by atoms with Crippen LogP contribution in [0, 0.1) is 5.92 Å². The second kappa shape index (κ2) is 10.1. The first-order valence-corrected chi connectivity index (χ1v) is 11.1. The smallest absolute Gasteiger partial charge is 0.410 e. The van der Waals surface area contributed by atoms with Crippen LogP contribution in [0.1, 0.15) is 40.0 Å². The monoisotopic (exact) mass is 516 g/mol. The quantitative estimate of drug-likeness (QED) is 0.336. The predicted octanol–water partition coefficient (Wildman–Crippen LogP) is 1.60. The van der Waals surface area contributed by atoms with Crippen molar-refractivity contribution in [3.05, 3.63) is 0 Å². The van der Waals surface area contributed by atoms with Crippen molar-refractivity contribution in [2.24, 2.45) is 10.9 Å². The van der Waals surface area contributed by atoms with Gasteiger partial charge < -0.3 is 20.3 Å². The third-order valence-corrected chi connectivity index (χ3v) is 6.39. The van der Waals surface area contributed by atoms with Gasteiger partial charge in [0.15, 0.2) is 15.8 Å². The molecule has 0 aromatic carbocycles. The Morgan fingerprint density at radius 2 is 1.85 bits per heavy atom. The maximum Gasteiger partial charge on any atom is 0.410 e. The molecule has 0 spiro atoms. The van der Waals surface area contributed by atoms with Crippen LogP contribution in [0.4, 0.5) is 4.79 Å². The molecular weight excluding hydrogens is 483 g/mol. The molecule has 10 heteroatoms. The summed E-state index contributed by atoms with van der Waals surface area (Å²) in [5.41, 5.74) is -0.471. The lowest BCUT2D eigenvalue weighted by molar-refractivity contribution is 0.0185. The first-order valence-electron chi connectivity index (χ1n) is 9.23. The Labute approximate surface area is 179 Å². The molecule has 2 aliphatic heterocycles. The van der Waals surface area contributed by atoms with E-state index in [2.05, 4.69) is 15.6 Å². The number of nitrogens with zero attached hydrogens (tertiary/aromatic N) is 2. The molecule has 27 heavy (non-hydrogen) atoms. The summed E-state index contributed by atoms with van der Waals surface area (Å²) in [4.78, 5) is 18.0. The summed E-state index contributed by atoms with van der Waals surface area (Å²) >= 11 is 0. The molecule has 0 saturated carbocycles. The summed E-state index contributed by atoms with van der Waals surface area (Å²) in [5, 5.41) is 6.47. The van der Waals surface area contributed by atoms with Crippen molar-refractivity contribution >= 4 is 45.9 Å². The number of sulfone groups is 1. The molecule has 1 unspecified atom stereocenters. The van der Waals surface area contributed by atoms with E-state index in [-0.39, 0.29) is 47.6 Å². The van der Waals surface area contributed by atoms with E-state index < -0.39 is 15.4 Å². The highest BCUT2D eigenvalue weighted by Gasteiger charge is 2.29. The number of halogens is 1. The van der Waals surface area contributed by atoms with Crippen molar-refractivity contribution < 1.29 is 17.9 Å². The van der Waals surface area contributed by atoms with E-state index in [1.807, 2.05) is 20.8 Å². The van der Waals surface area contributed by atoms with Crippen LogP contribution in [0.5, 0.6) is 0 Å². The van der Waals surface area contributed by atoms with Gasteiger partial charge in [-0.25, -0.2) is 13.2 Å². The van der Waals surface area contributed by atoms with Gasteiger partial charge in [-0.05, 0) is 46.0 Å². The summed E-state index contributed by atoms with van der Waals surface area (Å²) in [6, 6.07) is -0.0692. The second-order valence-electron chi connectivity index (χ2n) is 8.11. The van der Waals surface area contributed by atoms with Crippen LogP contribution < -0.4 is 10.6 Å². The molecular formula is C17H33IN4O4S. The zero-order valence-corrected chi connectivity index (χ0v) is 19.8. The number of aliphatic imine (C=N–C) groups is 1. The standard InChI is InChI=1S/C17H32N4O4S.HI/c1-17(2,3)25-16(22)21-8-5-13(6-9-21)11-19-15(18-4)20-14-7-10-26(23,24)12-14;/h13-14H,5-12H2,1-4H3,(H2,18,19,20);1H. The fourth-order valence-electron chi connectivity index (χ4n) is 3.18. The summed E-state index contributed by atoms with van der Waals surface area (Å²) in [5.74, 6) is 1.49. The topological polar surface area (TPSA) is 100 Å². The largest absolute Gasteiger partial charge is 0.444 e. The molecule has 0 aromatic rings. The van der Waals surface area contributed by atoms with Gasteiger partial charge in [-0.2, -0.15) is 0 Å². The van der Waals surface area contributed by atoms with Gasteiger partial charge in [0.1, 0.15) is 5.60 Å². The predicted molar refractivity (Wildman–Crippen MR) is 118 cm³/mol. The third kappa shape index (κ3) is 8.41. The van der Waals surface area contributed by atoms with Crippen molar-refractivity contribution in [2.45, 2.75) is 51.7 Å². The molecule has 2 rings (SSSR count). The zero-order chi connectivity index (χ0) is 19.4. The highest BCUT2D eigenvalue weighted by Crippen LogP contribution is 2.19. The molecule has 2 N–H and O–H groups in total. The summed E-state index contributed by atoms with van der Waals surface area (Å²) in [6.07, 6.45) is 2.18. The molecule has 1 atom stereocenters. The normalized spacial score (nSPS) is 23.5. The fraction of sp³-hybridized carbons (Fsp3) is 0.882. The number of rotatable bonds is 3. The van der Waals surface area contributed by atoms with Gasteiger partial charge >= 0.3 is 6.09 Å². The van der Waals surface area contributed by atoms with Crippen molar-refractivity contribution in [2.75, 3.05) is 38.2 Å². The molecule has 158 valence electrons. The number of amides is 1. The minimum atomic E-state index is -2.91. The minimum Gasteiger partial charge on any atom is -0.444 e. The van der Waals surface area contributed by atoms with E-state index in [1.165, 1.54) is 0 Å². The Morgan fingerprint density at radius 1 is 1.22 bits per heavy atom. The van der Waals surface area contributed by atoms with Crippen LogP contribution in [0.2, 0.25) is 0 Å². The fourth-order valence-corrected chi connectivity index (χ4v) is 4.86. The van der Waals surface area contributed by atoms with Crippen LogP contribution in [0.25, 0.3) is 0 Å². The molecule has 2 fully saturated rings. The summed E-state index contributed by atoms with van der Waals surface area (Å²) < 4.78 is 28.5. The molecule has 2 aliphatic rings. The maximum atomic E-state index is 12.1. The van der Waals surface area contributed by atoms with E-state index in [9.17, 15) is 13.2 Å². The Morgan fingerprint density at radius 3 is 2.33 bits per heavy atom. The van der Waals surface area contributed by atoms with Gasteiger partial charge in [0, 0.05) is 32.7 Å². The molecule has 2 heterocycles. The molecule has 0 aromatic heterocycles. The molecule has 0 aliphatic carbocycles. The van der Waals surface area contributed by atoms with Crippen molar-refractivity contribution in [3.8, 4) is 0 Å². The van der Waals surface area contributed by atoms with E-state index in [0.29, 0.717) is 31.4 Å². The first-order chi connectivity index (χ1) is 12.1. The highest BCUT2D eigenvalue weighted by atomic mass is 127. The Hall–Kier alpha value is -0.780. The van der Waals surface area contributed by atoms with Gasteiger partial charge in [0.25, 0.3) is 0 Å². The number of guanidine groups is 1. The molecule has 0 radical (unpaired) electrons. The highest BCUT2D eigenvalue weighted by molar-refractivity contribution is 14.0. The molecule has 0 bridgehead atoms.